The number of carboxylic acid groups (broad SMARTS) is 1. The highest BCUT2D eigenvalue weighted by molar-refractivity contribution is 5.94. The Labute approximate surface area is 279 Å². The SMILES string of the molecule is CC(C)(CC(C)(C)C(=O)C(C)(C)NCCOCCOCC(=O)C(C)(C)NC(CCCCNC(=O)c1ccc(N)cc1)C(N)=O)C(=O)O. The molecular formula is C34H57N5O8. The normalized spacial score (nSPS) is 13.2. The van der Waals surface area contributed by atoms with Gasteiger partial charge in [0, 0.05) is 29.8 Å². The van der Waals surface area contributed by atoms with Crippen LogP contribution in [0.4, 0.5) is 5.69 Å². The van der Waals surface area contributed by atoms with E-state index in [1.807, 2.05) is 0 Å². The molecule has 1 rings (SSSR count). The Bertz CT molecular complexity index is 1210. The van der Waals surface area contributed by atoms with Gasteiger partial charge in [-0.1, -0.05) is 13.8 Å². The highest BCUT2D eigenvalue weighted by Gasteiger charge is 2.44. The summed E-state index contributed by atoms with van der Waals surface area (Å²) >= 11 is 0. The number of amides is 2. The number of unbranched alkanes of at least 4 members (excludes halogenated alkanes) is 1. The number of ether oxygens (including phenoxy) is 2. The highest BCUT2D eigenvalue weighted by Crippen LogP contribution is 2.37. The molecule has 0 aliphatic rings. The molecule has 1 unspecified atom stereocenters. The third kappa shape index (κ3) is 14.5. The zero-order valence-corrected chi connectivity index (χ0v) is 29.4. The second-order valence-corrected chi connectivity index (χ2v) is 14.3. The average molecular weight is 664 g/mol. The molecule has 8 N–H and O–H groups in total. The van der Waals surface area contributed by atoms with Gasteiger partial charge in [0.05, 0.1) is 42.4 Å². The fourth-order valence-corrected chi connectivity index (χ4v) is 5.40. The van der Waals surface area contributed by atoms with Crippen LogP contribution in [0.3, 0.4) is 0 Å². The van der Waals surface area contributed by atoms with E-state index in [0.717, 1.165) is 0 Å². The van der Waals surface area contributed by atoms with Gasteiger partial charge in [-0.15, -0.1) is 0 Å². The second kappa shape index (κ2) is 18.2. The Morgan fingerprint density at radius 1 is 0.809 bits per heavy atom. The molecule has 0 bridgehead atoms. The molecular weight excluding hydrogens is 606 g/mol. The Morgan fingerprint density at radius 3 is 1.98 bits per heavy atom. The Kier molecular flexibility index (Phi) is 16.2. The van der Waals surface area contributed by atoms with Crippen LogP contribution in [0.15, 0.2) is 24.3 Å². The monoisotopic (exact) mass is 663 g/mol. The third-order valence-electron chi connectivity index (χ3n) is 8.02. The molecule has 1 aromatic rings. The van der Waals surface area contributed by atoms with Crippen LogP contribution in [0.1, 0.15) is 91.4 Å². The molecule has 1 atom stereocenters. The van der Waals surface area contributed by atoms with E-state index in [2.05, 4.69) is 16.0 Å². The maximum Gasteiger partial charge on any atom is 0.309 e. The lowest BCUT2D eigenvalue weighted by Gasteiger charge is -2.37. The van der Waals surface area contributed by atoms with Gasteiger partial charge in [0.2, 0.25) is 5.91 Å². The van der Waals surface area contributed by atoms with Crippen LogP contribution >= 0.6 is 0 Å². The molecule has 266 valence electrons. The number of anilines is 1. The van der Waals surface area contributed by atoms with E-state index in [-0.39, 0.29) is 43.7 Å². The highest BCUT2D eigenvalue weighted by atomic mass is 16.5. The second-order valence-electron chi connectivity index (χ2n) is 14.3. The molecule has 1 aromatic carbocycles. The number of rotatable bonds is 24. The summed E-state index contributed by atoms with van der Waals surface area (Å²) in [5.74, 6) is -2.07. The van der Waals surface area contributed by atoms with Crippen molar-refractivity contribution in [3.05, 3.63) is 29.8 Å². The number of nitrogen functional groups attached to an aromatic ring is 1. The van der Waals surface area contributed by atoms with Gasteiger partial charge in [-0.25, -0.2) is 0 Å². The van der Waals surface area contributed by atoms with Crippen molar-refractivity contribution < 1.29 is 38.6 Å². The van der Waals surface area contributed by atoms with Crippen molar-refractivity contribution in [2.24, 2.45) is 16.6 Å². The van der Waals surface area contributed by atoms with Crippen LogP contribution in [0, 0.1) is 10.8 Å². The maximum atomic E-state index is 13.2. The number of ketones is 2. The van der Waals surface area contributed by atoms with Crippen molar-refractivity contribution in [2.75, 3.05) is 45.3 Å². The summed E-state index contributed by atoms with van der Waals surface area (Å²) in [6.07, 6.45) is 1.82. The minimum atomic E-state index is -1.07. The number of benzene rings is 1. The molecule has 0 aliphatic heterocycles. The van der Waals surface area contributed by atoms with E-state index in [9.17, 15) is 29.1 Å². The lowest BCUT2D eigenvalue weighted by Crippen LogP contribution is -2.56. The average Bonchev–Trinajstić information content (AvgIpc) is 2.96. The first kappa shape index (κ1) is 41.6. The van der Waals surface area contributed by atoms with Crippen LogP contribution in [0.25, 0.3) is 0 Å². The lowest BCUT2D eigenvalue weighted by atomic mass is 9.69. The first-order valence-electron chi connectivity index (χ1n) is 16.1. The number of carbonyl (C=O) groups is 5. The smallest absolute Gasteiger partial charge is 0.309 e. The Balaban J connectivity index is 2.35. The van der Waals surface area contributed by atoms with Crippen molar-refractivity contribution in [3.8, 4) is 0 Å². The predicted molar refractivity (Wildman–Crippen MR) is 181 cm³/mol. The summed E-state index contributed by atoms with van der Waals surface area (Å²) in [6, 6.07) is 5.88. The summed E-state index contributed by atoms with van der Waals surface area (Å²) in [7, 11) is 0. The standard InChI is InChI=1S/C34H57N5O8/c1-31(2,22-32(3,4)30(44)45)29(43)34(7,8)38-17-18-46-19-20-47-21-26(40)33(5,6)39-25(27(36)41)11-9-10-16-37-28(42)23-12-14-24(35)15-13-23/h12-15,25,38-39H,9-11,16-22,35H2,1-8H3,(H2,36,41)(H,37,42)(H,44,45). The van der Waals surface area contributed by atoms with Crippen LogP contribution in [-0.2, 0) is 28.7 Å². The maximum absolute atomic E-state index is 13.2. The largest absolute Gasteiger partial charge is 0.481 e. The van der Waals surface area contributed by atoms with Crippen molar-refractivity contribution in [1.82, 2.24) is 16.0 Å². The molecule has 0 aliphatic carbocycles. The summed E-state index contributed by atoms with van der Waals surface area (Å²) in [6.45, 7) is 14.9. The van der Waals surface area contributed by atoms with E-state index in [4.69, 9.17) is 20.9 Å². The number of carboxylic acids is 1. The van der Waals surface area contributed by atoms with Crippen molar-refractivity contribution in [2.45, 2.75) is 98.2 Å². The molecule has 13 nitrogen and oxygen atoms in total. The number of nitrogens with one attached hydrogen (secondary N) is 3. The van der Waals surface area contributed by atoms with Gasteiger partial charge in [0.1, 0.15) is 6.61 Å². The molecule has 0 aromatic heterocycles. The molecule has 0 spiro atoms. The molecule has 13 heteroatoms. The molecule has 0 fully saturated rings. The molecule has 0 heterocycles. The lowest BCUT2D eigenvalue weighted by molar-refractivity contribution is -0.150. The third-order valence-corrected chi connectivity index (χ3v) is 8.02. The van der Waals surface area contributed by atoms with Crippen molar-refractivity contribution >= 4 is 35.0 Å². The summed E-state index contributed by atoms with van der Waals surface area (Å²) in [4.78, 5) is 61.9. The minimum absolute atomic E-state index is 0.0881. The van der Waals surface area contributed by atoms with Gasteiger partial charge in [0.15, 0.2) is 11.6 Å². The van der Waals surface area contributed by atoms with Crippen LogP contribution in [-0.4, -0.2) is 91.1 Å². The first-order valence-corrected chi connectivity index (χ1v) is 16.1. The predicted octanol–water partition coefficient (Wildman–Crippen LogP) is 2.46. The molecule has 0 radical (unpaired) electrons. The number of aliphatic carboxylic acids is 1. The van der Waals surface area contributed by atoms with Gasteiger partial charge in [-0.3, -0.25) is 29.3 Å². The number of hydrogen-bond donors (Lipinski definition) is 6. The fourth-order valence-electron chi connectivity index (χ4n) is 5.40. The number of primary amides is 1. The number of nitrogens with two attached hydrogens (primary N) is 2. The molecule has 2 amide bonds. The number of hydrogen-bond acceptors (Lipinski definition) is 10. The van der Waals surface area contributed by atoms with Gasteiger partial charge in [-0.05, 0) is 91.5 Å². The molecule has 0 saturated carbocycles. The zero-order chi connectivity index (χ0) is 36.1. The van der Waals surface area contributed by atoms with Gasteiger partial charge in [0.25, 0.3) is 5.91 Å². The summed E-state index contributed by atoms with van der Waals surface area (Å²) < 4.78 is 11.1. The minimum Gasteiger partial charge on any atom is -0.481 e. The fraction of sp³-hybridized carbons (Fsp3) is 0.676. The topological polar surface area (TPSA) is 212 Å². The van der Waals surface area contributed by atoms with E-state index in [1.165, 1.54) is 0 Å². The van der Waals surface area contributed by atoms with Crippen LogP contribution < -0.4 is 27.4 Å². The Morgan fingerprint density at radius 2 is 1.40 bits per heavy atom. The van der Waals surface area contributed by atoms with E-state index < -0.39 is 39.8 Å². The van der Waals surface area contributed by atoms with E-state index in [0.29, 0.717) is 50.2 Å². The summed E-state index contributed by atoms with van der Waals surface area (Å²) in [5, 5.41) is 18.5. The first-order chi connectivity index (χ1) is 21.6. The quantitative estimate of drug-likeness (QED) is 0.0698. The molecule has 0 saturated heterocycles. The van der Waals surface area contributed by atoms with E-state index in [1.54, 1.807) is 79.7 Å². The zero-order valence-electron chi connectivity index (χ0n) is 29.4. The number of Topliss-reactive ketones (excluding diaryl/α,β-unsaturated/α-hetero) is 2. The Hall–Kier alpha value is -3.39. The van der Waals surface area contributed by atoms with Gasteiger partial charge < -0.3 is 36.7 Å². The number of carbonyl (C=O) groups excluding carboxylic acids is 4. The van der Waals surface area contributed by atoms with Gasteiger partial charge >= 0.3 is 5.97 Å². The van der Waals surface area contributed by atoms with Crippen LogP contribution in [0.2, 0.25) is 0 Å². The van der Waals surface area contributed by atoms with Gasteiger partial charge in [-0.2, -0.15) is 0 Å². The van der Waals surface area contributed by atoms with Crippen LogP contribution in [0.5, 0.6) is 0 Å². The van der Waals surface area contributed by atoms with E-state index >= 15 is 0 Å². The van der Waals surface area contributed by atoms with Crippen molar-refractivity contribution in [3.63, 3.8) is 0 Å². The van der Waals surface area contributed by atoms with Crippen molar-refractivity contribution in [1.29, 1.82) is 0 Å². The summed E-state index contributed by atoms with van der Waals surface area (Å²) in [5.41, 5.74) is 8.48. The molecule has 47 heavy (non-hydrogen) atoms.